The molecular formula is C20H18N2O3S. The zero-order valence-electron chi connectivity index (χ0n) is 14.4. The average Bonchev–Trinajstić information content (AvgIpc) is 2.67. The minimum atomic E-state index is -0.901. The highest BCUT2D eigenvalue weighted by Crippen LogP contribution is 2.29. The van der Waals surface area contributed by atoms with Crippen LogP contribution in [0.5, 0.6) is 0 Å². The molecule has 0 saturated carbocycles. The quantitative estimate of drug-likeness (QED) is 0.493. The Labute approximate surface area is 157 Å². The number of Topliss-reactive ketones (excluding diaryl/α,β-unsaturated/α-hetero) is 1. The van der Waals surface area contributed by atoms with Gasteiger partial charge in [-0.25, -0.2) is 4.79 Å². The summed E-state index contributed by atoms with van der Waals surface area (Å²) in [7, 11) is 1.19. The van der Waals surface area contributed by atoms with Crippen LogP contribution in [-0.2, 0) is 14.3 Å². The van der Waals surface area contributed by atoms with Crippen molar-refractivity contribution in [2.24, 2.45) is 0 Å². The minimum absolute atomic E-state index is 0.304. The zero-order valence-corrected chi connectivity index (χ0v) is 15.2. The van der Waals surface area contributed by atoms with Crippen molar-refractivity contribution >= 4 is 29.1 Å². The standard InChI is InChI=1S/C20H18N2O3S/c1-12-16(18(23)19(24)25-2)17(22-20(26)21-12)15-10-8-14(9-11-15)13-6-4-3-5-7-13/h3-11,17H,1-2H3,(H2,21,22,26)/t17-/m0/s1. The van der Waals surface area contributed by atoms with Crippen LogP contribution in [-0.4, -0.2) is 24.0 Å². The first-order valence-electron chi connectivity index (χ1n) is 8.07. The van der Waals surface area contributed by atoms with E-state index in [0.29, 0.717) is 16.4 Å². The number of ketones is 1. The fraction of sp³-hybridized carbons (Fsp3) is 0.150. The molecule has 1 heterocycles. The molecule has 132 valence electrons. The van der Waals surface area contributed by atoms with E-state index in [1.165, 1.54) is 7.11 Å². The molecule has 6 heteroatoms. The Morgan fingerprint density at radius 2 is 1.62 bits per heavy atom. The molecule has 0 aliphatic carbocycles. The third-order valence-corrected chi connectivity index (χ3v) is 4.46. The van der Waals surface area contributed by atoms with Crippen LogP contribution < -0.4 is 10.6 Å². The van der Waals surface area contributed by atoms with Gasteiger partial charge in [0.25, 0.3) is 5.78 Å². The number of benzene rings is 2. The van der Waals surface area contributed by atoms with Gasteiger partial charge in [-0.1, -0.05) is 54.6 Å². The molecule has 2 aromatic carbocycles. The van der Waals surface area contributed by atoms with Gasteiger partial charge in [0.05, 0.1) is 18.7 Å². The van der Waals surface area contributed by atoms with E-state index in [1.807, 2.05) is 54.6 Å². The Kier molecular flexibility index (Phi) is 5.14. The number of rotatable bonds is 4. The number of allylic oxidation sites excluding steroid dienone is 1. The molecule has 2 aromatic rings. The lowest BCUT2D eigenvalue weighted by Gasteiger charge is -2.29. The molecule has 0 saturated heterocycles. The Morgan fingerprint density at radius 1 is 1.00 bits per heavy atom. The molecule has 0 aromatic heterocycles. The molecule has 0 bridgehead atoms. The zero-order chi connectivity index (χ0) is 18.7. The average molecular weight is 366 g/mol. The maximum absolute atomic E-state index is 12.5. The number of carbonyl (C=O) groups is 2. The van der Waals surface area contributed by atoms with Gasteiger partial charge in [0.15, 0.2) is 5.11 Å². The number of hydrogen-bond acceptors (Lipinski definition) is 4. The van der Waals surface area contributed by atoms with Gasteiger partial charge >= 0.3 is 5.97 Å². The molecule has 0 radical (unpaired) electrons. The molecule has 5 nitrogen and oxygen atoms in total. The first-order valence-corrected chi connectivity index (χ1v) is 8.48. The molecule has 1 atom stereocenters. The number of carbonyl (C=O) groups excluding carboxylic acids is 2. The molecular weight excluding hydrogens is 348 g/mol. The first kappa shape index (κ1) is 17.8. The molecule has 1 aliphatic heterocycles. The van der Waals surface area contributed by atoms with E-state index in [4.69, 9.17) is 12.2 Å². The van der Waals surface area contributed by atoms with Gasteiger partial charge in [-0.3, -0.25) is 4.79 Å². The molecule has 0 spiro atoms. The third-order valence-electron chi connectivity index (χ3n) is 4.24. The van der Waals surface area contributed by atoms with E-state index >= 15 is 0 Å². The van der Waals surface area contributed by atoms with Gasteiger partial charge in [-0.2, -0.15) is 0 Å². The van der Waals surface area contributed by atoms with Crippen molar-refractivity contribution in [2.45, 2.75) is 13.0 Å². The summed E-state index contributed by atoms with van der Waals surface area (Å²) in [5.74, 6) is -1.59. The maximum atomic E-state index is 12.5. The summed E-state index contributed by atoms with van der Waals surface area (Å²) < 4.78 is 4.59. The highest BCUT2D eigenvalue weighted by molar-refractivity contribution is 7.80. The Morgan fingerprint density at radius 3 is 2.23 bits per heavy atom. The fourth-order valence-corrected chi connectivity index (χ4v) is 3.22. The summed E-state index contributed by atoms with van der Waals surface area (Å²) in [5, 5.41) is 6.37. The van der Waals surface area contributed by atoms with Crippen molar-refractivity contribution in [1.82, 2.24) is 10.6 Å². The molecule has 1 aliphatic rings. The normalized spacial score (nSPS) is 16.5. The van der Waals surface area contributed by atoms with E-state index in [-0.39, 0.29) is 0 Å². The van der Waals surface area contributed by atoms with E-state index in [2.05, 4.69) is 15.4 Å². The van der Waals surface area contributed by atoms with E-state index < -0.39 is 17.8 Å². The molecule has 3 rings (SSSR count). The smallest absolute Gasteiger partial charge is 0.379 e. The lowest BCUT2D eigenvalue weighted by molar-refractivity contribution is -0.150. The fourth-order valence-electron chi connectivity index (χ4n) is 2.95. The van der Waals surface area contributed by atoms with Crippen LogP contribution in [0, 0.1) is 0 Å². The summed E-state index contributed by atoms with van der Waals surface area (Å²) >= 11 is 5.21. The van der Waals surface area contributed by atoms with Gasteiger partial charge < -0.3 is 15.4 Å². The number of hydrogen-bond donors (Lipinski definition) is 2. The number of ether oxygens (including phenoxy) is 1. The second kappa shape index (κ2) is 7.49. The Bertz CT molecular complexity index is 889. The third kappa shape index (κ3) is 3.50. The van der Waals surface area contributed by atoms with Gasteiger partial charge in [0, 0.05) is 5.70 Å². The van der Waals surface area contributed by atoms with Crippen LogP contribution in [0.1, 0.15) is 18.5 Å². The maximum Gasteiger partial charge on any atom is 0.379 e. The highest BCUT2D eigenvalue weighted by atomic mass is 32.1. The molecule has 0 amide bonds. The molecule has 0 fully saturated rings. The SMILES string of the molecule is COC(=O)C(=O)C1=C(C)NC(=S)N[C@H]1c1ccc(-c2ccccc2)cc1. The summed E-state index contributed by atoms with van der Waals surface area (Å²) in [6, 6.07) is 17.3. The van der Waals surface area contributed by atoms with Gasteiger partial charge in [0.2, 0.25) is 0 Å². The van der Waals surface area contributed by atoms with Crippen molar-refractivity contribution in [1.29, 1.82) is 0 Å². The Balaban J connectivity index is 1.97. The number of thiocarbonyl (C=S) groups is 1. The molecule has 2 N–H and O–H groups in total. The van der Waals surface area contributed by atoms with Crippen molar-refractivity contribution in [3.8, 4) is 11.1 Å². The second-order valence-corrected chi connectivity index (χ2v) is 6.29. The summed E-state index contributed by atoms with van der Waals surface area (Å²) in [6.07, 6.45) is 0. The van der Waals surface area contributed by atoms with Gasteiger partial charge in [-0.05, 0) is 35.8 Å². The van der Waals surface area contributed by atoms with E-state index in [0.717, 1.165) is 16.7 Å². The first-order chi connectivity index (χ1) is 12.5. The van der Waals surface area contributed by atoms with Crippen molar-refractivity contribution in [3.05, 3.63) is 71.4 Å². The van der Waals surface area contributed by atoms with Crippen molar-refractivity contribution < 1.29 is 14.3 Å². The number of methoxy groups -OCH3 is 1. The number of nitrogens with one attached hydrogen (secondary N) is 2. The highest BCUT2D eigenvalue weighted by Gasteiger charge is 2.33. The largest absolute Gasteiger partial charge is 0.463 e. The molecule has 0 unspecified atom stereocenters. The predicted molar refractivity (Wildman–Crippen MR) is 103 cm³/mol. The topological polar surface area (TPSA) is 67.4 Å². The van der Waals surface area contributed by atoms with Crippen LogP contribution in [0.4, 0.5) is 0 Å². The van der Waals surface area contributed by atoms with Crippen LogP contribution in [0.15, 0.2) is 65.9 Å². The monoisotopic (exact) mass is 366 g/mol. The lowest BCUT2D eigenvalue weighted by atomic mass is 9.91. The van der Waals surface area contributed by atoms with Crippen LogP contribution in [0.25, 0.3) is 11.1 Å². The summed E-state index contributed by atoms with van der Waals surface area (Å²) in [4.78, 5) is 24.2. The van der Waals surface area contributed by atoms with E-state index in [9.17, 15) is 9.59 Å². The van der Waals surface area contributed by atoms with Gasteiger partial charge in [0.1, 0.15) is 0 Å². The Hall–Kier alpha value is -2.99. The van der Waals surface area contributed by atoms with Crippen LogP contribution >= 0.6 is 12.2 Å². The van der Waals surface area contributed by atoms with Crippen molar-refractivity contribution in [3.63, 3.8) is 0 Å². The van der Waals surface area contributed by atoms with Crippen molar-refractivity contribution in [2.75, 3.05) is 7.11 Å². The minimum Gasteiger partial charge on any atom is -0.463 e. The van der Waals surface area contributed by atoms with Crippen LogP contribution in [0.2, 0.25) is 0 Å². The second-order valence-electron chi connectivity index (χ2n) is 5.88. The molecule has 26 heavy (non-hydrogen) atoms. The van der Waals surface area contributed by atoms with Gasteiger partial charge in [-0.15, -0.1) is 0 Å². The lowest BCUT2D eigenvalue weighted by Crippen LogP contribution is -2.45. The predicted octanol–water partition coefficient (Wildman–Crippen LogP) is 2.89. The van der Waals surface area contributed by atoms with Crippen LogP contribution in [0.3, 0.4) is 0 Å². The summed E-state index contributed by atoms with van der Waals surface area (Å²) in [6.45, 7) is 1.72. The van der Waals surface area contributed by atoms with E-state index in [1.54, 1.807) is 6.92 Å². The number of esters is 1. The summed E-state index contributed by atoms with van der Waals surface area (Å²) in [5.41, 5.74) is 3.84.